The number of carbonyl (C=O) groups excluding carboxylic acids is 1. The SMILES string of the molecule is O=C1Nc2ccc(Br)cc2[C@]12OCCS2. The van der Waals surface area contributed by atoms with Crippen molar-refractivity contribution in [3.63, 3.8) is 0 Å². The van der Waals surface area contributed by atoms with Crippen molar-refractivity contribution < 1.29 is 9.53 Å². The summed E-state index contributed by atoms with van der Waals surface area (Å²) >= 11 is 4.97. The number of hydrogen-bond donors (Lipinski definition) is 1. The molecule has 0 saturated carbocycles. The molecule has 3 rings (SSSR count). The molecular weight excluding hydrogens is 278 g/mol. The summed E-state index contributed by atoms with van der Waals surface area (Å²) in [4.78, 5) is 11.1. The van der Waals surface area contributed by atoms with E-state index in [0.29, 0.717) is 6.61 Å². The van der Waals surface area contributed by atoms with Crippen LogP contribution in [0.1, 0.15) is 5.56 Å². The lowest BCUT2D eigenvalue weighted by molar-refractivity contribution is -0.128. The van der Waals surface area contributed by atoms with Gasteiger partial charge in [0.05, 0.1) is 6.61 Å². The topological polar surface area (TPSA) is 38.3 Å². The van der Waals surface area contributed by atoms with Crippen LogP contribution in [0.2, 0.25) is 0 Å². The second-order valence-electron chi connectivity index (χ2n) is 3.46. The second kappa shape index (κ2) is 3.23. The highest BCUT2D eigenvalue weighted by atomic mass is 79.9. The molecule has 1 amide bonds. The van der Waals surface area contributed by atoms with Crippen molar-refractivity contribution in [1.82, 2.24) is 0 Å². The van der Waals surface area contributed by atoms with Crippen LogP contribution >= 0.6 is 27.7 Å². The maximum Gasteiger partial charge on any atom is 0.272 e. The second-order valence-corrected chi connectivity index (χ2v) is 5.65. The number of carbonyl (C=O) groups is 1. The Bertz CT molecular complexity index is 443. The zero-order valence-corrected chi connectivity index (χ0v) is 10.2. The number of amides is 1. The Balaban J connectivity index is 2.19. The number of nitrogens with one attached hydrogen (secondary N) is 1. The van der Waals surface area contributed by atoms with Gasteiger partial charge in [-0.15, -0.1) is 11.8 Å². The largest absolute Gasteiger partial charge is 0.350 e. The Kier molecular flexibility index (Phi) is 2.09. The predicted octanol–water partition coefficient (Wildman–Crippen LogP) is 2.32. The third-order valence-electron chi connectivity index (χ3n) is 2.58. The van der Waals surface area contributed by atoms with Crippen molar-refractivity contribution in [3.05, 3.63) is 28.2 Å². The van der Waals surface area contributed by atoms with Gasteiger partial charge in [-0.2, -0.15) is 0 Å². The molecule has 0 aromatic heterocycles. The molecule has 2 aliphatic heterocycles. The molecular formula is C10H8BrNO2S. The first-order valence-electron chi connectivity index (χ1n) is 4.62. The minimum absolute atomic E-state index is 0.0573. The number of thioether (sulfide) groups is 1. The number of hydrogen-bond acceptors (Lipinski definition) is 3. The number of ether oxygens (including phenoxy) is 1. The van der Waals surface area contributed by atoms with E-state index in [2.05, 4.69) is 21.2 Å². The van der Waals surface area contributed by atoms with Crippen LogP contribution in [0.25, 0.3) is 0 Å². The molecule has 3 nitrogen and oxygen atoms in total. The first-order chi connectivity index (χ1) is 7.22. The molecule has 15 heavy (non-hydrogen) atoms. The molecule has 2 aliphatic rings. The van der Waals surface area contributed by atoms with E-state index >= 15 is 0 Å². The minimum atomic E-state index is -0.793. The third kappa shape index (κ3) is 1.26. The normalized spacial score (nSPS) is 28.2. The van der Waals surface area contributed by atoms with Crippen LogP contribution < -0.4 is 5.32 Å². The predicted molar refractivity (Wildman–Crippen MR) is 62.9 cm³/mol. The van der Waals surface area contributed by atoms with E-state index in [1.807, 2.05) is 18.2 Å². The van der Waals surface area contributed by atoms with Gasteiger partial charge in [-0.3, -0.25) is 4.79 Å². The van der Waals surface area contributed by atoms with Crippen molar-refractivity contribution in [2.45, 2.75) is 4.93 Å². The Morgan fingerprint density at radius 3 is 3.13 bits per heavy atom. The quantitative estimate of drug-likeness (QED) is 0.795. The number of rotatable bonds is 0. The zero-order valence-electron chi connectivity index (χ0n) is 7.75. The lowest BCUT2D eigenvalue weighted by Crippen LogP contribution is -2.30. The van der Waals surface area contributed by atoms with Crippen LogP contribution in [0.15, 0.2) is 22.7 Å². The summed E-state index contributed by atoms with van der Waals surface area (Å²) < 4.78 is 6.59. The molecule has 0 aliphatic carbocycles. The molecule has 1 spiro atoms. The van der Waals surface area contributed by atoms with E-state index in [1.165, 1.54) is 0 Å². The highest BCUT2D eigenvalue weighted by molar-refractivity contribution is 9.10. The van der Waals surface area contributed by atoms with Gasteiger partial charge in [0, 0.05) is 21.5 Å². The zero-order chi connectivity index (χ0) is 10.5. The van der Waals surface area contributed by atoms with E-state index in [4.69, 9.17) is 4.74 Å². The van der Waals surface area contributed by atoms with Crippen molar-refractivity contribution in [2.75, 3.05) is 17.7 Å². The fraction of sp³-hybridized carbons (Fsp3) is 0.300. The summed E-state index contributed by atoms with van der Waals surface area (Å²) in [7, 11) is 0. The van der Waals surface area contributed by atoms with E-state index in [9.17, 15) is 4.79 Å². The molecule has 1 aromatic carbocycles. The molecule has 1 fully saturated rings. The van der Waals surface area contributed by atoms with Gasteiger partial charge in [0.25, 0.3) is 5.91 Å². The lowest BCUT2D eigenvalue weighted by atomic mass is 10.1. The van der Waals surface area contributed by atoms with Crippen molar-refractivity contribution in [3.8, 4) is 0 Å². The first kappa shape index (κ1) is 9.69. The molecule has 5 heteroatoms. The van der Waals surface area contributed by atoms with Gasteiger partial charge in [0.1, 0.15) is 0 Å². The molecule has 0 radical (unpaired) electrons. The monoisotopic (exact) mass is 285 g/mol. The number of fused-ring (bicyclic) bond motifs is 2. The standard InChI is InChI=1S/C10H8BrNO2S/c11-6-1-2-8-7(5-6)10(9(13)12-8)14-3-4-15-10/h1-2,5H,3-4H2,(H,12,13)/t10-/m1/s1. The Morgan fingerprint density at radius 2 is 2.40 bits per heavy atom. The van der Waals surface area contributed by atoms with Crippen molar-refractivity contribution in [1.29, 1.82) is 0 Å². The molecule has 1 N–H and O–H groups in total. The van der Waals surface area contributed by atoms with Crippen LogP contribution in [0.5, 0.6) is 0 Å². The molecule has 1 atom stereocenters. The van der Waals surface area contributed by atoms with Gasteiger partial charge >= 0.3 is 0 Å². The minimum Gasteiger partial charge on any atom is -0.350 e. The first-order valence-corrected chi connectivity index (χ1v) is 6.40. The fourth-order valence-electron chi connectivity index (χ4n) is 1.92. The van der Waals surface area contributed by atoms with Crippen molar-refractivity contribution >= 4 is 39.3 Å². The van der Waals surface area contributed by atoms with Gasteiger partial charge < -0.3 is 10.1 Å². The fourth-order valence-corrected chi connectivity index (χ4v) is 3.41. The van der Waals surface area contributed by atoms with Gasteiger partial charge in [-0.05, 0) is 18.2 Å². The Labute approximate surface area is 99.7 Å². The van der Waals surface area contributed by atoms with Gasteiger partial charge in [0.15, 0.2) is 0 Å². The molecule has 2 heterocycles. The summed E-state index contributed by atoms with van der Waals surface area (Å²) in [5.74, 6) is 0.803. The number of halogens is 1. The van der Waals surface area contributed by atoms with Crippen LogP contribution in [-0.2, 0) is 14.5 Å². The summed E-state index contributed by atoms with van der Waals surface area (Å²) in [6, 6.07) is 5.76. The molecule has 1 aromatic rings. The highest BCUT2D eigenvalue weighted by Crippen LogP contribution is 2.50. The van der Waals surface area contributed by atoms with Gasteiger partial charge in [-0.25, -0.2) is 0 Å². The summed E-state index contributed by atoms with van der Waals surface area (Å²) in [5, 5.41) is 2.85. The molecule has 78 valence electrons. The van der Waals surface area contributed by atoms with E-state index in [1.54, 1.807) is 11.8 Å². The van der Waals surface area contributed by atoms with Crippen molar-refractivity contribution in [2.24, 2.45) is 0 Å². The van der Waals surface area contributed by atoms with Gasteiger partial charge in [-0.1, -0.05) is 15.9 Å². The maximum atomic E-state index is 11.9. The average Bonchev–Trinajstić information content (AvgIpc) is 2.78. The van der Waals surface area contributed by atoms with Crippen LogP contribution in [0, 0.1) is 0 Å². The smallest absolute Gasteiger partial charge is 0.272 e. The van der Waals surface area contributed by atoms with E-state index in [0.717, 1.165) is 21.5 Å². The van der Waals surface area contributed by atoms with Crippen LogP contribution in [0.3, 0.4) is 0 Å². The molecule has 0 unspecified atom stereocenters. The molecule has 0 bridgehead atoms. The van der Waals surface area contributed by atoms with Gasteiger partial charge in [0.2, 0.25) is 4.93 Å². The van der Waals surface area contributed by atoms with E-state index in [-0.39, 0.29) is 5.91 Å². The Morgan fingerprint density at radius 1 is 1.53 bits per heavy atom. The number of benzene rings is 1. The highest BCUT2D eigenvalue weighted by Gasteiger charge is 2.51. The summed E-state index contributed by atoms with van der Waals surface area (Å²) in [5.41, 5.74) is 1.79. The molecule has 1 saturated heterocycles. The van der Waals surface area contributed by atoms with E-state index < -0.39 is 4.93 Å². The number of anilines is 1. The third-order valence-corrected chi connectivity index (χ3v) is 4.37. The van der Waals surface area contributed by atoms with Crippen LogP contribution in [0.4, 0.5) is 5.69 Å². The lowest BCUT2D eigenvalue weighted by Gasteiger charge is -2.19. The average molecular weight is 286 g/mol. The maximum absolute atomic E-state index is 11.9. The summed E-state index contributed by atoms with van der Waals surface area (Å²) in [6.07, 6.45) is 0. The Hall–Kier alpha value is -0.520. The summed E-state index contributed by atoms with van der Waals surface area (Å²) in [6.45, 7) is 0.629. The van der Waals surface area contributed by atoms with Crippen LogP contribution in [-0.4, -0.2) is 18.3 Å².